The van der Waals surface area contributed by atoms with Gasteiger partial charge in [-0.2, -0.15) is 0 Å². The first kappa shape index (κ1) is 14.5. The van der Waals surface area contributed by atoms with Crippen molar-refractivity contribution in [1.29, 1.82) is 0 Å². The van der Waals surface area contributed by atoms with Crippen LogP contribution < -0.4 is 10.6 Å². The molecule has 0 aromatic heterocycles. The Morgan fingerprint density at radius 3 is 2.06 bits per heavy atom. The van der Waals surface area contributed by atoms with Crippen molar-refractivity contribution < 1.29 is 4.79 Å². The van der Waals surface area contributed by atoms with Crippen LogP contribution in [0.25, 0.3) is 0 Å². The molecule has 1 rings (SSSR count). The Kier molecular flexibility index (Phi) is 3.92. The lowest BCUT2D eigenvalue weighted by molar-refractivity contribution is -0.127. The maximum atomic E-state index is 12.1. The van der Waals surface area contributed by atoms with E-state index in [1.807, 2.05) is 7.05 Å². The maximum absolute atomic E-state index is 12.1. The first-order valence-electron chi connectivity index (χ1n) is 6.58. The molecule has 0 spiro atoms. The third kappa shape index (κ3) is 3.21. The summed E-state index contributed by atoms with van der Waals surface area (Å²) in [7, 11) is 1.91. The van der Waals surface area contributed by atoms with Gasteiger partial charge in [0.25, 0.3) is 0 Å². The van der Waals surface area contributed by atoms with Gasteiger partial charge in [-0.1, -0.05) is 34.6 Å². The van der Waals surface area contributed by atoms with Gasteiger partial charge in [-0.3, -0.25) is 4.79 Å². The highest BCUT2D eigenvalue weighted by Crippen LogP contribution is 2.45. The number of carbonyl (C=O) groups is 1. The topological polar surface area (TPSA) is 41.1 Å². The third-order valence-corrected chi connectivity index (χ3v) is 4.57. The summed E-state index contributed by atoms with van der Waals surface area (Å²) in [4.78, 5) is 12.1. The number of nitrogens with one attached hydrogen (secondary N) is 2. The van der Waals surface area contributed by atoms with Crippen LogP contribution in [0, 0.1) is 16.2 Å². The summed E-state index contributed by atoms with van der Waals surface area (Å²) >= 11 is 0. The predicted molar refractivity (Wildman–Crippen MR) is 71.8 cm³/mol. The van der Waals surface area contributed by atoms with Gasteiger partial charge in [0.15, 0.2) is 0 Å². The molecule has 0 heterocycles. The van der Waals surface area contributed by atoms with E-state index in [9.17, 15) is 4.79 Å². The van der Waals surface area contributed by atoms with Crippen LogP contribution in [0.5, 0.6) is 0 Å². The van der Waals surface area contributed by atoms with Gasteiger partial charge in [-0.05, 0) is 30.7 Å². The lowest BCUT2D eigenvalue weighted by atomic mass is 9.69. The summed E-state index contributed by atoms with van der Waals surface area (Å²) in [5.41, 5.74) is 0.196. The Hall–Kier alpha value is -0.570. The minimum Gasteiger partial charge on any atom is -0.355 e. The Labute approximate surface area is 106 Å². The second-order valence-electron chi connectivity index (χ2n) is 7.13. The van der Waals surface area contributed by atoms with E-state index < -0.39 is 0 Å². The molecular formula is C14H28N2O. The second-order valence-corrected chi connectivity index (χ2v) is 7.13. The van der Waals surface area contributed by atoms with Crippen molar-refractivity contribution in [2.45, 2.75) is 47.5 Å². The van der Waals surface area contributed by atoms with Crippen LogP contribution in [0.1, 0.15) is 47.5 Å². The van der Waals surface area contributed by atoms with Gasteiger partial charge < -0.3 is 10.6 Å². The van der Waals surface area contributed by atoms with E-state index >= 15 is 0 Å². The quantitative estimate of drug-likeness (QED) is 0.773. The largest absolute Gasteiger partial charge is 0.355 e. The molecule has 0 aromatic rings. The molecule has 2 N–H and O–H groups in total. The van der Waals surface area contributed by atoms with Crippen LogP contribution in [0.3, 0.4) is 0 Å². The van der Waals surface area contributed by atoms with Gasteiger partial charge in [0.1, 0.15) is 0 Å². The second kappa shape index (κ2) is 4.60. The van der Waals surface area contributed by atoms with E-state index in [-0.39, 0.29) is 22.2 Å². The Balaban J connectivity index is 2.49. The Bertz CT molecular complexity index is 285. The summed E-state index contributed by atoms with van der Waals surface area (Å²) < 4.78 is 0. The summed E-state index contributed by atoms with van der Waals surface area (Å²) in [6.07, 6.45) is 2.05. The number of hydrogen-bond donors (Lipinski definition) is 2. The lowest BCUT2D eigenvalue weighted by Gasteiger charge is -2.39. The number of hydrogen-bond acceptors (Lipinski definition) is 2. The van der Waals surface area contributed by atoms with E-state index in [0.717, 1.165) is 25.9 Å². The zero-order valence-electron chi connectivity index (χ0n) is 12.2. The predicted octanol–water partition coefficient (Wildman–Crippen LogP) is 2.17. The fourth-order valence-corrected chi connectivity index (χ4v) is 1.73. The first-order chi connectivity index (χ1) is 7.65. The smallest absolute Gasteiger partial charge is 0.227 e. The van der Waals surface area contributed by atoms with Crippen molar-refractivity contribution >= 4 is 5.91 Å². The van der Waals surface area contributed by atoms with Gasteiger partial charge in [0, 0.05) is 13.1 Å². The van der Waals surface area contributed by atoms with Gasteiger partial charge >= 0.3 is 0 Å². The minimum atomic E-state index is -0.108. The molecule has 17 heavy (non-hydrogen) atoms. The molecule has 1 amide bonds. The highest BCUT2D eigenvalue weighted by Gasteiger charge is 2.49. The van der Waals surface area contributed by atoms with Crippen molar-refractivity contribution in [1.82, 2.24) is 10.6 Å². The van der Waals surface area contributed by atoms with Crippen LogP contribution >= 0.6 is 0 Å². The van der Waals surface area contributed by atoms with E-state index in [4.69, 9.17) is 0 Å². The summed E-state index contributed by atoms with van der Waals surface area (Å²) in [6.45, 7) is 12.6. The molecule has 1 fully saturated rings. The van der Waals surface area contributed by atoms with Crippen LogP contribution in [0.2, 0.25) is 0 Å². The summed E-state index contributed by atoms with van der Waals surface area (Å²) in [6, 6.07) is 0. The fourth-order valence-electron chi connectivity index (χ4n) is 1.73. The molecule has 0 radical (unpaired) electrons. The molecule has 0 aliphatic heterocycles. The van der Waals surface area contributed by atoms with Gasteiger partial charge in [-0.25, -0.2) is 0 Å². The maximum Gasteiger partial charge on any atom is 0.227 e. The molecule has 0 aromatic carbocycles. The van der Waals surface area contributed by atoms with Crippen LogP contribution in [-0.4, -0.2) is 26.0 Å². The molecule has 3 nitrogen and oxygen atoms in total. The highest BCUT2D eigenvalue weighted by atomic mass is 16.2. The van der Waals surface area contributed by atoms with Gasteiger partial charge in [-0.15, -0.1) is 0 Å². The van der Waals surface area contributed by atoms with E-state index in [0.29, 0.717) is 0 Å². The third-order valence-electron chi connectivity index (χ3n) is 4.57. The van der Waals surface area contributed by atoms with Crippen molar-refractivity contribution in [3.8, 4) is 0 Å². The molecule has 100 valence electrons. The minimum absolute atomic E-state index is 0.108. The summed E-state index contributed by atoms with van der Waals surface area (Å²) in [5.74, 6) is 0.226. The molecule has 0 unspecified atom stereocenters. The highest BCUT2D eigenvalue weighted by molar-refractivity contribution is 5.85. The Morgan fingerprint density at radius 2 is 1.71 bits per heavy atom. The molecule has 0 bridgehead atoms. The molecule has 1 aliphatic rings. The monoisotopic (exact) mass is 240 g/mol. The van der Waals surface area contributed by atoms with E-state index in [2.05, 4.69) is 45.3 Å². The zero-order valence-corrected chi connectivity index (χ0v) is 12.2. The zero-order chi connectivity index (χ0) is 13.3. The number of carbonyl (C=O) groups excluding carboxylic acids is 1. The molecular weight excluding hydrogens is 212 g/mol. The molecule has 1 aliphatic carbocycles. The Morgan fingerprint density at radius 1 is 1.18 bits per heavy atom. The average Bonchev–Trinajstić information content (AvgIpc) is 2.94. The summed E-state index contributed by atoms with van der Waals surface area (Å²) in [5, 5.41) is 6.26. The SMILES string of the molecule is CNCC1(C(=O)NCC(C)(C)C(C)(C)C)CC1. The van der Waals surface area contributed by atoms with E-state index in [1.165, 1.54) is 0 Å². The van der Waals surface area contributed by atoms with Gasteiger partial charge in [0.05, 0.1) is 5.41 Å². The first-order valence-corrected chi connectivity index (χ1v) is 6.58. The van der Waals surface area contributed by atoms with Crippen molar-refractivity contribution in [2.75, 3.05) is 20.1 Å². The van der Waals surface area contributed by atoms with Crippen LogP contribution in [-0.2, 0) is 4.79 Å². The van der Waals surface area contributed by atoms with Crippen molar-refractivity contribution in [2.24, 2.45) is 16.2 Å². The van der Waals surface area contributed by atoms with Crippen molar-refractivity contribution in [3.63, 3.8) is 0 Å². The fraction of sp³-hybridized carbons (Fsp3) is 0.929. The molecule has 1 saturated carbocycles. The van der Waals surface area contributed by atoms with Crippen LogP contribution in [0.4, 0.5) is 0 Å². The van der Waals surface area contributed by atoms with Crippen molar-refractivity contribution in [3.05, 3.63) is 0 Å². The molecule has 0 atom stereocenters. The molecule has 0 saturated heterocycles. The van der Waals surface area contributed by atoms with E-state index in [1.54, 1.807) is 0 Å². The average molecular weight is 240 g/mol. The normalized spacial score (nSPS) is 18.9. The number of amides is 1. The van der Waals surface area contributed by atoms with Crippen LogP contribution in [0.15, 0.2) is 0 Å². The molecule has 3 heteroatoms. The standard InChI is InChI=1S/C14H28N2O/c1-12(2,3)13(4,5)9-16-11(17)14(7-8-14)10-15-6/h15H,7-10H2,1-6H3,(H,16,17). The van der Waals surface area contributed by atoms with Gasteiger partial charge in [0.2, 0.25) is 5.91 Å². The number of rotatable bonds is 5. The lowest BCUT2D eigenvalue weighted by Crippen LogP contribution is -2.45.